The smallest absolute Gasteiger partial charge is 0.320 e. The van der Waals surface area contributed by atoms with E-state index in [0.717, 1.165) is 0 Å². The maximum atomic E-state index is 12.0. The van der Waals surface area contributed by atoms with Gasteiger partial charge in [0.1, 0.15) is 16.9 Å². The average Bonchev–Trinajstić information content (AvgIpc) is 2.45. The Labute approximate surface area is 112 Å². The van der Waals surface area contributed by atoms with Gasteiger partial charge in [0.15, 0.2) is 0 Å². The highest BCUT2D eigenvalue weighted by Gasteiger charge is 2.42. The van der Waals surface area contributed by atoms with Crippen LogP contribution in [0.3, 0.4) is 0 Å². The fourth-order valence-electron chi connectivity index (χ4n) is 1.95. The van der Waals surface area contributed by atoms with E-state index >= 15 is 0 Å². The van der Waals surface area contributed by atoms with Crippen LogP contribution < -0.4 is 0 Å². The molecule has 0 N–H and O–H groups in total. The summed E-state index contributed by atoms with van der Waals surface area (Å²) in [5, 5.41) is 0. The van der Waals surface area contributed by atoms with Crippen molar-refractivity contribution in [1.82, 2.24) is 0 Å². The summed E-state index contributed by atoms with van der Waals surface area (Å²) >= 11 is 0. The Hall–Kier alpha value is -1.98. The van der Waals surface area contributed by atoms with E-state index < -0.39 is 17.4 Å². The van der Waals surface area contributed by atoms with Crippen LogP contribution in [-0.2, 0) is 28.5 Å². The normalized spacial score (nSPS) is 16.8. The van der Waals surface area contributed by atoms with Gasteiger partial charge < -0.3 is 18.9 Å². The molecule has 0 unspecified atom stereocenters. The van der Waals surface area contributed by atoms with Crippen LogP contribution in [-0.4, -0.2) is 40.4 Å². The van der Waals surface area contributed by atoms with Crippen molar-refractivity contribution in [1.29, 1.82) is 0 Å². The molecule has 1 aliphatic rings. The van der Waals surface area contributed by atoms with Crippen molar-refractivity contribution in [2.75, 3.05) is 28.4 Å². The zero-order valence-corrected chi connectivity index (χ0v) is 11.5. The number of ether oxygens (including phenoxy) is 4. The largest absolute Gasteiger partial charge is 0.501 e. The van der Waals surface area contributed by atoms with Crippen molar-refractivity contribution in [3.05, 3.63) is 23.7 Å². The van der Waals surface area contributed by atoms with Crippen molar-refractivity contribution in [3.63, 3.8) is 0 Å². The Kier molecular flexibility index (Phi) is 4.97. The number of hydrogen-bond acceptors (Lipinski definition) is 6. The quantitative estimate of drug-likeness (QED) is 0.698. The lowest BCUT2D eigenvalue weighted by molar-refractivity contribution is -0.154. The zero-order chi connectivity index (χ0) is 14.5. The first kappa shape index (κ1) is 15.1. The van der Waals surface area contributed by atoms with Crippen LogP contribution in [0.2, 0.25) is 0 Å². The number of carbonyl (C=O) groups is 2. The minimum absolute atomic E-state index is 0.171. The van der Waals surface area contributed by atoms with Gasteiger partial charge in [-0.25, -0.2) is 0 Å². The monoisotopic (exact) mass is 270 g/mol. The maximum absolute atomic E-state index is 12.0. The Morgan fingerprint density at radius 3 is 1.95 bits per heavy atom. The van der Waals surface area contributed by atoms with E-state index in [1.807, 2.05) is 0 Å². The fraction of sp³-hybridized carbons (Fsp3) is 0.538. The molecule has 0 atom stereocenters. The Balaban J connectivity index is 3.23. The van der Waals surface area contributed by atoms with Gasteiger partial charge in [0.05, 0.1) is 41.3 Å². The molecule has 106 valence electrons. The molecule has 0 saturated heterocycles. The lowest BCUT2D eigenvalue weighted by Crippen LogP contribution is -2.34. The van der Waals surface area contributed by atoms with Gasteiger partial charge in [-0.3, -0.25) is 9.59 Å². The van der Waals surface area contributed by atoms with Crippen molar-refractivity contribution in [2.45, 2.75) is 12.8 Å². The highest BCUT2D eigenvalue weighted by atomic mass is 16.5. The van der Waals surface area contributed by atoms with Gasteiger partial charge in [0.25, 0.3) is 0 Å². The molecule has 0 heterocycles. The SMILES string of the molecule is COC(=O)CC1(C(=O)OC)C=C(OC)CC(OC)=C1. The molecule has 0 amide bonds. The molecule has 0 aromatic rings. The van der Waals surface area contributed by atoms with Gasteiger partial charge in [-0.05, 0) is 12.2 Å². The first-order valence-electron chi connectivity index (χ1n) is 5.68. The predicted molar refractivity (Wildman–Crippen MR) is 65.9 cm³/mol. The third kappa shape index (κ3) is 3.27. The Morgan fingerprint density at radius 2 is 1.58 bits per heavy atom. The molecule has 0 aliphatic heterocycles. The van der Waals surface area contributed by atoms with Crippen LogP contribution in [0.4, 0.5) is 0 Å². The van der Waals surface area contributed by atoms with Gasteiger partial charge in [0, 0.05) is 0 Å². The van der Waals surface area contributed by atoms with Crippen LogP contribution in [0.25, 0.3) is 0 Å². The number of hydrogen-bond donors (Lipinski definition) is 0. The van der Waals surface area contributed by atoms with Crippen LogP contribution in [0.5, 0.6) is 0 Å². The molecule has 1 aliphatic carbocycles. The molecular weight excluding hydrogens is 252 g/mol. The summed E-state index contributed by atoms with van der Waals surface area (Å²) in [6, 6.07) is 0. The molecule has 0 spiro atoms. The van der Waals surface area contributed by atoms with Gasteiger partial charge >= 0.3 is 11.9 Å². The second-order valence-electron chi connectivity index (χ2n) is 4.09. The molecule has 6 heteroatoms. The fourth-order valence-corrected chi connectivity index (χ4v) is 1.95. The van der Waals surface area contributed by atoms with Gasteiger partial charge in [-0.1, -0.05) is 0 Å². The number of carbonyl (C=O) groups excluding carboxylic acids is 2. The summed E-state index contributed by atoms with van der Waals surface area (Å²) in [5.41, 5.74) is -1.25. The Bertz CT molecular complexity index is 401. The van der Waals surface area contributed by atoms with Crippen LogP contribution in [0.15, 0.2) is 23.7 Å². The second-order valence-corrected chi connectivity index (χ2v) is 4.09. The molecule has 0 radical (unpaired) electrons. The molecule has 1 rings (SSSR count). The van der Waals surface area contributed by atoms with E-state index in [0.29, 0.717) is 17.9 Å². The van der Waals surface area contributed by atoms with E-state index in [2.05, 4.69) is 4.74 Å². The van der Waals surface area contributed by atoms with E-state index in [1.165, 1.54) is 28.4 Å². The van der Waals surface area contributed by atoms with Crippen molar-refractivity contribution in [3.8, 4) is 0 Å². The van der Waals surface area contributed by atoms with Crippen molar-refractivity contribution in [2.24, 2.45) is 5.41 Å². The minimum atomic E-state index is -1.25. The molecule has 0 aromatic carbocycles. The van der Waals surface area contributed by atoms with Crippen LogP contribution in [0, 0.1) is 5.41 Å². The molecular formula is C13H18O6. The van der Waals surface area contributed by atoms with Gasteiger partial charge in [-0.2, -0.15) is 0 Å². The first-order valence-corrected chi connectivity index (χ1v) is 5.68. The standard InChI is InChI=1S/C13H18O6/c1-16-9-5-10(17-2)7-13(6-9,12(15)19-4)8-11(14)18-3/h6-7H,5,8H2,1-4H3. The van der Waals surface area contributed by atoms with E-state index in [-0.39, 0.29) is 6.42 Å². The van der Waals surface area contributed by atoms with Gasteiger partial charge in [0.2, 0.25) is 0 Å². The molecule has 19 heavy (non-hydrogen) atoms. The predicted octanol–water partition coefficient (Wildman–Crippen LogP) is 1.17. The summed E-state index contributed by atoms with van der Waals surface area (Å²) < 4.78 is 19.7. The third-order valence-corrected chi connectivity index (χ3v) is 2.94. The molecule has 0 fully saturated rings. The average molecular weight is 270 g/mol. The second kappa shape index (κ2) is 6.26. The summed E-state index contributed by atoms with van der Waals surface area (Å²) in [6.07, 6.45) is 3.39. The first-order chi connectivity index (χ1) is 9.01. The summed E-state index contributed by atoms with van der Waals surface area (Å²) in [6.45, 7) is 0. The highest BCUT2D eigenvalue weighted by molar-refractivity contribution is 5.87. The maximum Gasteiger partial charge on any atom is 0.320 e. The number of methoxy groups -OCH3 is 4. The van der Waals surface area contributed by atoms with E-state index in [4.69, 9.17) is 14.2 Å². The highest BCUT2D eigenvalue weighted by Crippen LogP contribution is 2.37. The summed E-state index contributed by atoms with van der Waals surface area (Å²) in [7, 11) is 5.50. The Morgan fingerprint density at radius 1 is 1.05 bits per heavy atom. The van der Waals surface area contributed by atoms with E-state index in [1.54, 1.807) is 12.2 Å². The molecule has 0 saturated carbocycles. The van der Waals surface area contributed by atoms with Crippen molar-refractivity contribution < 1.29 is 28.5 Å². The lowest BCUT2D eigenvalue weighted by Gasteiger charge is -2.28. The molecule has 6 nitrogen and oxygen atoms in total. The summed E-state index contributed by atoms with van der Waals surface area (Å²) in [5.74, 6) is -0.0188. The lowest BCUT2D eigenvalue weighted by atomic mass is 9.79. The molecule has 0 aromatic heterocycles. The number of esters is 2. The topological polar surface area (TPSA) is 71.1 Å². The van der Waals surface area contributed by atoms with E-state index in [9.17, 15) is 9.59 Å². The minimum Gasteiger partial charge on any atom is -0.501 e. The van der Waals surface area contributed by atoms with Crippen molar-refractivity contribution >= 4 is 11.9 Å². The van der Waals surface area contributed by atoms with Gasteiger partial charge in [-0.15, -0.1) is 0 Å². The van der Waals surface area contributed by atoms with Crippen LogP contribution >= 0.6 is 0 Å². The summed E-state index contributed by atoms with van der Waals surface area (Å²) in [4.78, 5) is 23.6. The zero-order valence-electron chi connectivity index (χ0n) is 11.5. The van der Waals surface area contributed by atoms with Crippen LogP contribution in [0.1, 0.15) is 12.8 Å². The molecule has 0 bridgehead atoms. The third-order valence-electron chi connectivity index (χ3n) is 2.94. The number of rotatable bonds is 5.